The average Bonchev–Trinajstić information content (AvgIpc) is 1.97. The van der Waals surface area contributed by atoms with Gasteiger partial charge in [0, 0.05) is 5.70 Å². The Kier molecular flexibility index (Phi) is 48.1. The van der Waals surface area contributed by atoms with E-state index in [0.29, 0.717) is 0 Å². The van der Waals surface area contributed by atoms with Crippen molar-refractivity contribution in [2.75, 3.05) is 0 Å². The molecule has 2 heteroatoms. The topological polar surface area (TPSA) is 36.2 Å². The zero-order valence-electron chi connectivity index (χ0n) is 6.57. The maximum atomic E-state index is 5.50. The highest BCUT2D eigenvalue weighted by atomic mass is 14.7. The Bertz CT molecular complexity index is 67.3. The van der Waals surface area contributed by atoms with Crippen molar-refractivity contribution in [3.05, 3.63) is 12.3 Å². The van der Waals surface area contributed by atoms with Crippen LogP contribution >= 0.6 is 0 Å². The molecule has 0 aromatic rings. The molecule has 0 rings (SSSR count). The van der Waals surface area contributed by atoms with Crippen LogP contribution in [0.1, 0.15) is 20.8 Å². The minimum atomic E-state index is 0.769. The Morgan fingerprint density at radius 3 is 1.44 bits per heavy atom. The van der Waals surface area contributed by atoms with E-state index in [9.17, 15) is 0 Å². The van der Waals surface area contributed by atoms with Gasteiger partial charge in [0.2, 0.25) is 0 Å². The number of allylic oxidation sites excluding steroid dienone is 1. The molecule has 0 bridgehead atoms. The molecule has 1 N–H and O–H groups in total. The highest BCUT2D eigenvalue weighted by Crippen LogP contribution is 1.80. The number of hydrogen-bond donors (Lipinski definition) is 1. The van der Waals surface area contributed by atoms with E-state index in [4.69, 9.17) is 5.41 Å². The van der Waals surface area contributed by atoms with E-state index in [-0.39, 0.29) is 0 Å². The van der Waals surface area contributed by atoms with Gasteiger partial charge in [-0.05, 0) is 20.4 Å². The molecule has 0 aromatic heterocycles. The average molecular weight is 128 g/mol. The van der Waals surface area contributed by atoms with Crippen LogP contribution in [0.4, 0.5) is 0 Å². The van der Waals surface area contributed by atoms with Crippen molar-refractivity contribution < 1.29 is 0 Å². The van der Waals surface area contributed by atoms with Gasteiger partial charge in [0.1, 0.15) is 0 Å². The molecule has 0 saturated heterocycles. The zero-order chi connectivity index (χ0) is 8.28. The normalized spacial score (nSPS) is 4.78. The lowest BCUT2D eigenvalue weighted by Crippen LogP contribution is -1.52. The Labute approximate surface area is 57.8 Å². The van der Waals surface area contributed by atoms with E-state index in [2.05, 4.69) is 25.0 Å². The summed E-state index contributed by atoms with van der Waals surface area (Å²) < 4.78 is 0. The maximum absolute atomic E-state index is 5.50. The molecule has 0 spiro atoms. The third-order valence-corrected chi connectivity index (χ3v) is 0.270. The van der Waals surface area contributed by atoms with E-state index in [1.165, 1.54) is 0 Å². The minimum absolute atomic E-state index is 0.769. The van der Waals surface area contributed by atoms with Crippen LogP contribution in [0.15, 0.2) is 17.3 Å². The van der Waals surface area contributed by atoms with Crippen LogP contribution in [0.3, 0.4) is 0 Å². The fourth-order valence-corrected chi connectivity index (χ4v) is 0. The van der Waals surface area contributed by atoms with Gasteiger partial charge in [-0.2, -0.15) is 0 Å². The number of hydrogen-bond acceptors (Lipinski definition) is 2. The largest absolute Gasteiger partial charge is 0.317 e. The molecule has 0 fully saturated rings. The number of nitrogens with one attached hydrogen (secondary N) is 1. The van der Waals surface area contributed by atoms with Crippen LogP contribution in [0.25, 0.3) is 0 Å². The number of rotatable bonds is 1. The van der Waals surface area contributed by atoms with Gasteiger partial charge in [-0.3, -0.25) is 4.99 Å². The smallest absolute Gasteiger partial charge is 0.0293 e. The summed E-state index contributed by atoms with van der Waals surface area (Å²) in [6.07, 6.45) is 0. The lowest BCUT2D eigenvalue weighted by atomic mass is 10.6. The summed E-state index contributed by atoms with van der Waals surface area (Å²) in [6, 6.07) is 0. The molecule has 0 heterocycles. The predicted molar refractivity (Wildman–Crippen MR) is 45.6 cm³/mol. The molecule has 0 unspecified atom stereocenters. The van der Waals surface area contributed by atoms with Gasteiger partial charge in [0.25, 0.3) is 0 Å². The summed E-state index contributed by atoms with van der Waals surface area (Å²) in [5, 5.41) is 5.50. The first-order valence-electron chi connectivity index (χ1n) is 2.75. The summed E-state index contributed by atoms with van der Waals surface area (Å²) in [5.41, 5.74) is 0.769. The third kappa shape index (κ3) is 157. The number of nitrogens with zero attached hydrogens (tertiary/aromatic N) is 1. The fraction of sp³-hybridized carbons (Fsp3) is 0.429. The van der Waals surface area contributed by atoms with Crippen LogP contribution in [-0.4, -0.2) is 13.4 Å². The van der Waals surface area contributed by atoms with Crippen molar-refractivity contribution in [3.63, 3.8) is 0 Å². The molecule has 0 aromatic carbocycles. The monoisotopic (exact) mass is 128 g/mol. The minimum Gasteiger partial charge on any atom is -0.317 e. The molecule has 0 aliphatic rings. The summed E-state index contributed by atoms with van der Waals surface area (Å²) in [4.78, 5) is 3.44. The molecular weight excluding hydrogens is 112 g/mol. The zero-order valence-corrected chi connectivity index (χ0v) is 6.57. The second-order valence-electron chi connectivity index (χ2n) is 0.893. The molecule has 0 amide bonds. The lowest BCUT2D eigenvalue weighted by Gasteiger charge is -1.72. The Balaban J connectivity index is -0.0000000771. The first-order valence-corrected chi connectivity index (χ1v) is 2.75. The van der Waals surface area contributed by atoms with E-state index in [1.807, 2.05) is 13.8 Å². The van der Waals surface area contributed by atoms with Gasteiger partial charge >= 0.3 is 0 Å². The van der Waals surface area contributed by atoms with Crippen LogP contribution < -0.4 is 0 Å². The highest BCUT2D eigenvalue weighted by Gasteiger charge is 1.59. The molecule has 0 atom stereocenters. The summed E-state index contributed by atoms with van der Waals surface area (Å²) in [5.74, 6) is 0. The van der Waals surface area contributed by atoms with Gasteiger partial charge in [0.05, 0.1) is 0 Å². The molecule has 0 aliphatic heterocycles. The molecule has 54 valence electrons. The Morgan fingerprint density at radius 2 is 1.44 bits per heavy atom. The molecular formula is C7H16N2. The Morgan fingerprint density at radius 1 is 1.33 bits per heavy atom. The van der Waals surface area contributed by atoms with Crippen molar-refractivity contribution in [2.45, 2.75) is 20.8 Å². The molecule has 0 aliphatic carbocycles. The molecule has 2 nitrogen and oxygen atoms in total. The van der Waals surface area contributed by atoms with Crippen molar-refractivity contribution in [1.29, 1.82) is 5.41 Å². The first-order chi connectivity index (χ1) is 4.27. The Hall–Kier alpha value is -0.920. The van der Waals surface area contributed by atoms with Gasteiger partial charge in [-0.25, -0.2) is 0 Å². The fourth-order valence-electron chi connectivity index (χ4n) is 0. The lowest BCUT2D eigenvalue weighted by molar-refractivity contribution is 1.35. The van der Waals surface area contributed by atoms with Crippen LogP contribution in [-0.2, 0) is 0 Å². The molecule has 0 saturated carbocycles. The van der Waals surface area contributed by atoms with E-state index < -0.39 is 0 Å². The van der Waals surface area contributed by atoms with Crippen LogP contribution in [0.2, 0.25) is 0 Å². The summed E-state index contributed by atoms with van der Waals surface area (Å²) in [7, 11) is 0. The molecule has 0 radical (unpaired) electrons. The van der Waals surface area contributed by atoms with E-state index >= 15 is 0 Å². The van der Waals surface area contributed by atoms with Gasteiger partial charge in [-0.15, -0.1) is 0 Å². The molecule has 9 heavy (non-hydrogen) atoms. The SMILES string of the molecule is C=N.C=NC(=C)C.CC. The predicted octanol–water partition coefficient (Wildman–Crippen LogP) is 2.51. The second kappa shape index (κ2) is 27.6. The van der Waals surface area contributed by atoms with Crippen molar-refractivity contribution in [2.24, 2.45) is 4.99 Å². The summed E-state index contributed by atoms with van der Waals surface area (Å²) in [6.45, 7) is 15.0. The number of aliphatic imine (C=N–C) groups is 1. The highest BCUT2D eigenvalue weighted by molar-refractivity contribution is 5.27. The first kappa shape index (κ1) is 15.7. The van der Waals surface area contributed by atoms with Gasteiger partial charge in [-0.1, -0.05) is 20.4 Å². The van der Waals surface area contributed by atoms with Crippen LogP contribution in [0.5, 0.6) is 0 Å². The maximum Gasteiger partial charge on any atom is 0.0293 e. The third-order valence-electron chi connectivity index (χ3n) is 0.270. The van der Waals surface area contributed by atoms with Gasteiger partial charge in [0.15, 0.2) is 0 Å². The quantitative estimate of drug-likeness (QED) is 0.527. The van der Waals surface area contributed by atoms with E-state index in [0.717, 1.165) is 5.70 Å². The van der Waals surface area contributed by atoms with Crippen molar-refractivity contribution in [1.82, 2.24) is 0 Å². The second-order valence-corrected chi connectivity index (χ2v) is 0.893. The van der Waals surface area contributed by atoms with Gasteiger partial charge < -0.3 is 5.41 Å². The van der Waals surface area contributed by atoms with Crippen LogP contribution in [0, 0.1) is 5.41 Å². The van der Waals surface area contributed by atoms with E-state index in [1.54, 1.807) is 6.92 Å². The summed E-state index contributed by atoms with van der Waals surface area (Å²) >= 11 is 0. The standard InChI is InChI=1S/C4H7N.C2H6.CH3N/c1-4(2)5-3;2*1-2/h1,3H2,2H3;1-2H3;2H,1H2. The van der Waals surface area contributed by atoms with Crippen molar-refractivity contribution in [3.8, 4) is 0 Å². The van der Waals surface area contributed by atoms with Crippen molar-refractivity contribution >= 4 is 13.4 Å².